The van der Waals surface area contributed by atoms with Crippen LogP contribution in [0.1, 0.15) is 54.4 Å². The molecule has 0 aliphatic heterocycles. The highest BCUT2D eigenvalue weighted by molar-refractivity contribution is 4.74. The molecule has 1 nitrogen and oxygen atoms in total. The second-order valence-corrected chi connectivity index (χ2v) is 5.49. The highest BCUT2D eigenvalue weighted by Gasteiger charge is 2.23. The van der Waals surface area contributed by atoms with E-state index in [0.29, 0.717) is 17.3 Å². The lowest BCUT2D eigenvalue weighted by Crippen LogP contribution is -2.23. The zero-order valence-electron chi connectivity index (χ0n) is 10.1. The fourth-order valence-corrected chi connectivity index (χ4v) is 1.14. The maximum absolute atomic E-state index is 9.67. The van der Waals surface area contributed by atoms with Crippen LogP contribution < -0.4 is 0 Å². The van der Waals surface area contributed by atoms with Crippen LogP contribution in [0, 0.1) is 17.3 Å². The first-order valence-electron chi connectivity index (χ1n) is 5.45. The largest absolute Gasteiger partial charge is 0.393 e. The Labute approximate surface area is 83.5 Å². The number of hydrogen-bond acceptors (Lipinski definition) is 1. The zero-order chi connectivity index (χ0) is 10.6. The number of rotatable bonds is 5. The Morgan fingerprint density at radius 3 is 1.85 bits per heavy atom. The molecule has 80 valence electrons. The summed E-state index contributed by atoms with van der Waals surface area (Å²) in [6, 6.07) is 0. The van der Waals surface area contributed by atoms with Crippen LogP contribution in [0.5, 0.6) is 0 Å². The van der Waals surface area contributed by atoms with Crippen LogP contribution in [0.15, 0.2) is 0 Å². The molecule has 1 heteroatoms. The predicted octanol–water partition coefficient (Wildman–Crippen LogP) is 3.47. The van der Waals surface area contributed by atoms with Crippen LogP contribution in [0.25, 0.3) is 0 Å². The van der Waals surface area contributed by atoms with Crippen molar-refractivity contribution in [2.45, 2.75) is 60.5 Å². The standard InChI is InChI=1S/C12H26O/c1-9(2)11(13)7-8-12(5,6)10(3)4/h9-11,13H,7-8H2,1-6H3. The predicted molar refractivity (Wildman–Crippen MR) is 58.7 cm³/mol. The molecule has 0 aliphatic rings. The van der Waals surface area contributed by atoms with Crippen molar-refractivity contribution in [2.75, 3.05) is 0 Å². The molecule has 0 aromatic carbocycles. The van der Waals surface area contributed by atoms with Crippen molar-refractivity contribution in [1.82, 2.24) is 0 Å². The fourth-order valence-electron chi connectivity index (χ4n) is 1.14. The van der Waals surface area contributed by atoms with Crippen molar-refractivity contribution in [2.24, 2.45) is 17.3 Å². The van der Waals surface area contributed by atoms with Gasteiger partial charge in [0.05, 0.1) is 6.10 Å². The Balaban J connectivity index is 3.88. The molecule has 0 amide bonds. The molecular weight excluding hydrogens is 160 g/mol. The molecule has 0 aromatic rings. The summed E-state index contributed by atoms with van der Waals surface area (Å²) in [5.41, 5.74) is 0.357. The van der Waals surface area contributed by atoms with E-state index in [9.17, 15) is 5.11 Å². The summed E-state index contributed by atoms with van der Waals surface area (Å²) in [4.78, 5) is 0. The van der Waals surface area contributed by atoms with Gasteiger partial charge in [0.15, 0.2) is 0 Å². The highest BCUT2D eigenvalue weighted by Crippen LogP contribution is 2.32. The van der Waals surface area contributed by atoms with Gasteiger partial charge in [-0.3, -0.25) is 0 Å². The van der Waals surface area contributed by atoms with Gasteiger partial charge in [-0.25, -0.2) is 0 Å². The van der Waals surface area contributed by atoms with Gasteiger partial charge in [0, 0.05) is 0 Å². The molecule has 0 rings (SSSR count). The molecule has 0 aromatic heterocycles. The molecule has 0 radical (unpaired) electrons. The molecule has 0 fully saturated rings. The second kappa shape index (κ2) is 4.99. The van der Waals surface area contributed by atoms with E-state index in [4.69, 9.17) is 0 Å². The van der Waals surface area contributed by atoms with Crippen LogP contribution in [0.3, 0.4) is 0 Å². The Hall–Kier alpha value is -0.0400. The average molecular weight is 186 g/mol. The summed E-state index contributed by atoms with van der Waals surface area (Å²) in [6.07, 6.45) is 1.92. The monoisotopic (exact) mass is 186 g/mol. The molecule has 0 bridgehead atoms. The van der Waals surface area contributed by atoms with Crippen molar-refractivity contribution in [3.63, 3.8) is 0 Å². The Bertz CT molecular complexity index is 136. The van der Waals surface area contributed by atoms with Crippen molar-refractivity contribution in [3.8, 4) is 0 Å². The van der Waals surface area contributed by atoms with E-state index in [1.54, 1.807) is 0 Å². The van der Waals surface area contributed by atoms with E-state index in [0.717, 1.165) is 12.8 Å². The smallest absolute Gasteiger partial charge is 0.0563 e. The lowest BCUT2D eigenvalue weighted by Gasteiger charge is -2.30. The topological polar surface area (TPSA) is 20.2 Å². The third-order valence-electron chi connectivity index (χ3n) is 3.42. The normalized spacial score (nSPS) is 15.5. The third-order valence-corrected chi connectivity index (χ3v) is 3.42. The first kappa shape index (κ1) is 13.0. The SMILES string of the molecule is CC(C)C(O)CCC(C)(C)C(C)C. The van der Waals surface area contributed by atoms with E-state index in [1.165, 1.54) is 0 Å². The Morgan fingerprint density at radius 1 is 1.08 bits per heavy atom. The molecule has 0 heterocycles. The first-order chi connectivity index (χ1) is 5.77. The lowest BCUT2D eigenvalue weighted by atomic mass is 9.76. The Kier molecular flexibility index (Phi) is 4.98. The van der Waals surface area contributed by atoms with Gasteiger partial charge in [0.1, 0.15) is 0 Å². The molecule has 1 unspecified atom stereocenters. The van der Waals surface area contributed by atoms with Gasteiger partial charge in [-0.2, -0.15) is 0 Å². The maximum atomic E-state index is 9.67. The first-order valence-corrected chi connectivity index (χ1v) is 5.45. The summed E-state index contributed by atoms with van der Waals surface area (Å²) < 4.78 is 0. The third kappa shape index (κ3) is 4.66. The van der Waals surface area contributed by atoms with Crippen LogP contribution in [0.4, 0.5) is 0 Å². The van der Waals surface area contributed by atoms with Gasteiger partial charge in [-0.15, -0.1) is 0 Å². The number of aliphatic hydroxyl groups is 1. The summed E-state index contributed by atoms with van der Waals surface area (Å²) in [7, 11) is 0. The minimum Gasteiger partial charge on any atom is -0.393 e. The maximum Gasteiger partial charge on any atom is 0.0563 e. The van der Waals surface area contributed by atoms with Gasteiger partial charge in [0.2, 0.25) is 0 Å². The van der Waals surface area contributed by atoms with E-state index in [1.807, 2.05) is 0 Å². The molecule has 0 aliphatic carbocycles. The van der Waals surface area contributed by atoms with Crippen LogP contribution in [-0.2, 0) is 0 Å². The molecule has 1 N–H and O–H groups in total. The molecule has 0 saturated carbocycles. The average Bonchev–Trinajstić information content (AvgIpc) is 1.99. The zero-order valence-corrected chi connectivity index (χ0v) is 10.1. The summed E-state index contributed by atoms with van der Waals surface area (Å²) in [5, 5.41) is 9.67. The summed E-state index contributed by atoms with van der Waals surface area (Å²) >= 11 is 0. The summed E-state index contributed by atoms with van der Waals surface area (Å²) in [6.45, 7) is 13.2. The molecule has 13 heavy (non-hydrogen) atoms. The van der Waals surface area contributed by atoms with Gasteiger partial charge in [-0.05, 0) is 30.1 Å². The summed E-state index contributed by atoms with van der Waals surface area (Å²) in [5.74, 6) is 1.08. The lowest BCUT2D eigenvalue weighted by molar-refractivity contribution is 0.0900. The van der Waals surface area contributed by atoms with Crippen molar-refractivity contribution in [1.29, 1.82) is 0 Å². The van der Waals surface area contributed by atoms with Crippen molar-refractivity contribution < 1.29 is 5.11 Å². The molecule has 0 saturated heterocycles. The van der Waals surface area contributed by atoms with Crippen molar-refractivity contribution in [3.05, 3.63) is 0 Å². The van der Waals surface area contributed by atoms with E-state index in [2.05, 4.69) is 41.5 Å². The van der Waals surface area contributed by atoms with Gasteiger partial charge >= 0.3 is 0 Å². The fraction of sp³-hybridized carbons (Fsp3) is 1.00. The van der Waals surface area contributed by atoms with Gasteiger partial charge < -0.3 is 5.11 Å². The van der Waals surface area contributed by atoms with Crippen molar-refractivity contribution >= 4 is 0 Å². The van der Waals surface area contributed by atoms with Crippen LogP contribution >= 0.6 is 0 Å². The molecular formula is C12H26O. The van der Waals surface area contributed by atoms with E-state index >= 15 is 0 Å². The highest BCUT2D eigenvalue weighted by atomic mass is 16.3. The quantitative estimate of drug-likeness (QED) is 0.697. The molecule has 1 atom stereocenters. The number of aliphatic hydroxyl groups excluding tert-OH is 1. The van der Waals surface area contributed by atoms with Crippen LogP contribution in [0.2, 0.25) is 0 Å². The molecule has 0 spiro atoms. The minimum absolute atomic E-state index is 0.127. The number of hydrogen-bond donors (Lipinski definition) is 1. The minimum atomic E-state index is -0.127. The van der Waals surface area contributed by atoms with E-state index < -0.39 is 0 Å². The van der Waals surface area contributed by atoms with Gasteiger partial charge in [-0.1, -0.05) is 41.5 Å². The van der Waals surface area contributed by atoms with Crippen LogP contribution in [-0.4, -0.2) is 11.2 Å². The Morgan fingerprint density at radius 2 is 1.54 bits per heavy atom. The van der Waals surface area contributed by atoms with Gasteiger partial charge in [0.25, 0.3) is 0 Å². The second-order valence-electron chi connectivity index (χ2n) is 5.49. The van der Waals surface area contributed by atoms with E-state index in [-0.39, 0.29) is 6.10 Å².